The topological polar surface area (TPSA) is 78.1 Å². The van der Waals surface area contributed by atoms with E-state index in [0.29, 0.717) is 36.4 Å². The fourth-order valence-corrected chi connectivity index (χ4v) is 5.00. The number of halogens is 1. The van der Waals surface area contributed by atoms with Gasteiger partial charge in [-0.25, -0.2) is 9.37 Å². The molecule has 6 rings (SSSR count). The molecule has 1 saturated heterocycles. The number of rotatable bonds is 3. The molecule has 174 valence electrons. The summed E-state index contributed by atoms with van der Waals surface area (Å²) in [5.41, 5.74) is 3.38. The number of ether oxygens (including phenoxy) is 1. The number of fused-ring (bicyclic) bond motifs is 2. The molecule has 9 heteroatoms. The van der Waals surface area contributed by atoms with Crippen molar-refractivity contribution in [3.63, 3.8) is 0 Å². The van der Waals surface area contributed by atoms with Gasteiger partial charge in [0.25, 0.3) is 0 Å². The Kier molecular flexibility index (Phi) is 4.95. The molecule has 0 N–H and O–H groups in total. The summed E-state index contributed by atoms with van der Waals surface area (Å²) < 4.78 is 24.7. The minimum Gasteiger partial charge on any atom is -0.381 e. The van der Waals surface area contributed by atoms with Crippen LogP contribution < -0.4 is 0 Å². The quantitative estimate of drug-likeness (QED) is 0.468. The van der Waals surface area contributed by atoms with Crippen molar-refractivity contribution < 1.29 is 13.9 Å². The van der Waals surface area contributed by atoms with Crippen LogP contribution in [0, 0.1) is 5.82 Å². The maximum atomic E-state index is 15.4. The lowest BCUT2D eigenvalue weighted by Gasteiger charge is -2.28. The van der Waals surface area contributed by atoms with Crippen LogP contribution in [-0.2, 0) is 29.7 Å². The van der Waals surface area contributed by atoms with Crippen molar-refractivity contribution in [2.75, 3.05) is 20.3 Å². The highest BCUT2D eigenvalue weighted by Crippen LogP contribution is 2.38. The van der Waals surface area contributed by atoms with Crippen molar-refractivity contribution in [3.05, 3.63) is 54.0 Å². The van der Waals surface area contributed by atoms with Crippen LogP contribution in [0.4, 0.5) is 4.39 Å². The summed E-state index contributed by atoms with van der Waals surface area (Å²) in [6.45, 7) is 1.94. The number of hydrogen-bond donors (Lipinski definition) is 0. The number of carbonyl (C=O) groups excluding carboxylic acids is 1. The van der Waals surface area contributed by atoms with Crippen LogP contribution in [0.1, 0.15) is 30.3 Å². The third-order valence-electron chi connectivity index (χ3n) is 6.86. The fraction of sp³-hybridized carbons (Fsp3) is 0.360. The highest BCUT2D eigenvalue weighted by atomic mass is 19.1. The summed E-state index contributed by atoms with van der Waals surface area (Å²) in [5, 5.41) is 5.99. The SMILES string of the molecule is CN1Cc2c(-c3c(F)ccc4cc(-c5ccn(C)n5)ncc34)nc(C3CCOCC3)n2CC1=O. The normalized spacial score (nSPS) is 16.9. The van der Waals surface area contributed by atoms with E-state index in [4.69, 9.17) is 9.72 Å². The van der Waals surface area contributed by atoms with E-state index in [1.165, 1.54) is 6.07 Å². The van der Waals surface area contributed by atoms with Crippen LogP contribution >= 0.6 is 0 Å². The molecule has 8 nitrogen and oxygen atoms in total. The number of hydrogen-bond acceptors (Lipinski definition) is 5. The highest BCUT2D eigenvalue weighted by Gasteiger charge is 2.32. The van der Waals surface area contributed by atoms with Gasteiger partial charge in [-0.2, -0.15) is 5.10 Å². The summed E-state index contributed by atoms with van der Waals surface area (Å²) in [6, 6.07) is 7.08. The van der Waals surface area contributed by atoms with Crippen LogP contribution in [0.5, 0.6) is 0 Å². The number of nitrogens with zero attached hydrogens (tertiary/aromatic N) is 6. The summed E-state index contributed by atoms with van der Waals surface area (Å²) in [4.78, 5) is 23.8. The average molecular weight is 461 g/mol. The second kappa shape index (κ2) is 8.02. The first-order chi connectivity index (χ1) is 16.5. The number of aryl methyl sites for hydroxylation is 1. The summed E-state index contributed by atoms with van der Waals surface area (Å²) in [7, 11) is 3.63. The Hall–Kier alpha value is -3.59. The number of imidazole rings is 1. The molecule has 0 unspecified atom stereocenters. The molecule has 4 aromatic rings. The largest absolute Gasteiger partial charge is 0.381 e. The van der Waals surface area contributed by atoms with Crippen molar-refractivity contribution in [2.45, 2.75) is 31.8 Å². The predicted octanol–water partition coefficient (Wildman–Crippen LogP) is 3.50. The van der Waals surface area contributed by atoms with E-state index in [1.807, 2.05) is 29.9 Å². The molecule has 5 heterocycles. The molecule has 0 bridgehead atoms. The Bertz CT molecular complexity index is 1420. The van der Waals surface area contributed by atoms with Gasteiger partial charge in [0.15, 0.2) is 0 Å². The summed E-state index contributed by atoms with van der Waals surface area (Å²) >= 11 is 0. The molecule has 0 atom stereocenters. The Morgan fingerprint density at radius 3 is 2.68 bits per heavy atom. The molecule has 0 spiro atoms. The van der Waals surface area contributed by atoms with Crippen molar-refractivity contribution in [3.8, 4) is 22.6 Å². The second-order valence-electron chi connectivity index (χ2n) is 9.08. The second-order valence-corrected chi connectivity index (χ2v) is 9.08. The smallest absolute Gasteiger partial charge is 0.242 e. The molecule has 0 radical (unpaired) electrons. The van der Waals surface area contributed by atoms with E-state index in [0.717, 1.165) is 41.1 Å². The summed E-state index contributed by atoms with van der Waals surface area (Å²) in [5.74, 6) is 0.720. The van der Waals surface area contributed by atoms with Gasteiger partial charge in [-0.1, -0.05) is 6.07 Å². The van der Waals surface area contributed by atoms with Crippen LogP contribution in [-0.4, -0.2) is 55.4 Å². The zero-order valence-electron chi connectivity index (χ0n) is 19.2. The first kappa shape index (κ1) is 21.0. The van der Waals surface area contributed by atoms with E-state index < -0.39 is 0 Å². The predicted molar refractivity (Wildman–Crippen MR) is 124 cm³/mol. The van der Waals surface area contributed by atoms with Gasteiger partial charge < -0.3 is 14.2 Å². The first-order valence-electron chi connectivity index (χ1n) is 11.5. The minimum atomic E-state index is -0.348. The monoisotopic (exact) mass is 460 g/mol. The van der Waals surface area contributed by atoms with Gasteiger partial charge >= 0.3 is 0 Å². The van der Waals surface area contributed by atoms with E-state index in [1.54, 1.807) is 28.9 Å². The zero-order chi connectivity index (χ0) is 23.4. The summed E-state index contributed by atoms with van der Waals surface area (Å²) in [6.07, 6.45) is 5.25. The van der Waals surface area contributed by atoms with Gasteiger partial charge in [0.05, 0.1) is 23.6 Å². The van der Waals surface area contributed by atoms with E-state index in [2.05, 4.69) is 10.1 Å². The third-order valence-corrected chi connectivity index (χ3v) is 6.86. The molecule has 1 fully saturated rings. The molecule has 2 aliphatic rings. The molecule has 3 aromatic heterocycles. The van der Waals surface area contributed by atoms with Crippen LogP contribution in [0.3, 0.4) is 0 Å². The number of likely N-dealkylation sites (N-methyl/N-ethyl adjacent to an activating group) is 1. The van der Waals surface area contributed by atoms with Crippen molar-refractivity contribution in [1.29, 1.82) is 0 Å². The molecule has 1 aromatic carbocycles. The van der Waals surface area contributed by atoms with Crippen molar-refractivity contribution in [2.24, 2.45) is 7.05 Å². The number of amides is 1. The van der Waals surface area contributed by atoms with Crippen LogP contribution in [0.2, 0.25) is 0 Å². The maximum absolute atomic E-state index is 15.4. The lowest BCUT2D eigenvalue weighted by Crippen LogP contribution is -2.37. The van der Waals surface area contributed by atoms with Crippen LogP contribution in [0.25, 0.3) is 33.4 Å². The standard InChI is InChI=1S/C25H25FN6O2/c1-30-13-21-24(28-25(32(21)14-22(30)33)15-6-9-34-10-7-15)23-17-12-27-20(19-5-8-31(2)29-19)11-16(17)3-4-18(23)26/h3-5,8,11-12,15H,6-7,9-10,13-14H2,1-2H3. The zero-order valence-corrected chi connectivity index (χ0v) is 19.2. The number of carbonyl (C=O) groups is 1. The molecule has 1 amide bonds. The van der Waals surface area contributed by atoms with E-state index >= 15 is 4.39 Å². The maximum Gasteiger partial charge on any atom is 0.242 e. The fourth-order valence-electron chi connectivity index (χ4n) is 5.00. The lowest BCUT2D eigenvalue weighted by molar-refractivity contribution is -0.132. The van der Waals surface area contributed by atoms with Crippen LogP contribution in [0.15, 0.2) is 36.7 Å². The molecular weight excluding hydrogens is 435 g/mol. The van der Waals surface area contributed by atoms with E-state index in [-0.39, 0.29) is 24.2 Å². The van der Waals surface area contributed by atoms with E-state index in [9.17, 15) is 4.79 Å². The number of pyridine rings is 1. The minimum absolute atomic E-state index is 0.0322. The lowest BCUT2D eigenvalue weighted by atomic mass is 9.99. The van der Waals surface area contributed by atoms with Gasteiger partial charge in [-0.05, 0) is 36.4 Å². The Balaban J connectivity index is 1.53. The Morgan fingerprint density at radius 1 is 1.09 bits per heavy atom. The number of aromatic nitrogens is 5. The highest BCUT2D eigenvalue weighted by molar-refractivity contribution is 5.97. The van der Waals surface area contributed by atoms with Gasteiger partial charge in [0.1, 0.15) is 23.9 Å². The average Bonchev–Trinajstić information content (AvgIpc) is 3.43. The molecule has 34 heavy (non-hydrogen) atoms. The van der Waals surface area contributed by atoms with Gasteiger partial charge in [-0.15, -0.1) is 0 Å². The Labute approximate surface area is 196 Å². The third kappa shape index (κ3) is 3.38. The molecule has 2 aliphatic heterocycles. The molecular formula is C25H25FN6O2. The first-order valence-corrected chi connectivity index (χ1v) is 11.5. The van der Waals surface area contributed by atoms with Gasteiger partial charge in [-0.3, -0.25) is 14.5 Å². The van der Waals surface area contributed by atoms with Crippen molar-refractivity contribution >= 4 is 16.7 Å². The van der Waals surface area contributed by atoms with Gasteiger partial charge in [0.2, 0.25) is 5.91 Å². The molecule has 0 aliphatic carbocycles. The van der Waals surface area contributed by atoms with Gasteiger partial charge in [0, 0.05) is 56.6 Å². The number of benzene rings is 1. The molecule has 0 saturated carbocycles. The van der Waals surface area contributed by atoms with Crippen molar-refractivity contribution in [1.82, 2.24) is 29.2 Å². The Morgan fingerprint density at radius 2 is 1.91 bits per heavy atom.